The van der Waals surface area contributed by atoms with Gasteiger partial charge < -0.3 is 14.4 Å². The fourth-order valence-corrected chi connectivity index (χ4v) is 4.19. The van der Waals surface area contributed by atoms with Crippen molar-refractivity contribution in [2.24, 2.45) is 0 Å². The lowest BCUT2D eigenvalue weighted by Gasteiger charge is -2.32. The summed E-state index contributed by atoms with van der Waals surface area (Å²) in [5.74, 6) is 0.0775. The molecule has 0 aromatic heterocycles. The second kappa shape index (κ2) is 9.17. The third kappa shape index (κ3) is 6.36. The van der Waals surface area contributed by atoms with Gasteiger partial charge in [-0.3, -0.25) is 4.79 Å². The molecule has 0 saturated carbocycles. The van der Waals surface area contributed by atoms with E-state index >= 15 is 0 Å². The summed E-state index contributed by atoms with van der Waals surface area (Å²) in [6, 6.07) is 12.1. The maximum absolute atomic E-state index is 12.8. The second-order valence-electron chi connectivity index (χ2n) is 7.26. The van der Waals surface area contributed by atoms with Gasteiger partial charge in [-0.15, -0.1) is 0 Å². The zero-order valence-electron chi connectivity index (χ0n) is 16.8. The Labute approximate surface area is 178 Å². The molecule has 31 heavy (non-hydrogen) atoms. The van der Waals surface area contributed by atoms with Crippen molar-refractivity contribution in [1.82, 2.24) is 4.90 Å². The van der Waals surface area contributed by atoms with Crippen LogP contribution in [0.5, 0.6) is 11.5 Å². The molecule has 0 spiro atoms. The third-order valence-electron chi connectivity index (χ3n) is 4.76. The molecular formula is C21H22F3NO5S. The quantitative estimate of drug-likeness (QED) is 0.661. The van der Waals surface area contributed by atoms with Gasteiger partial charge in [0.25, 0.3) is 5.91 Å². The molecule has 0 atom stereocenters. The number of amides is 1. The summed E-state index contributed by atoms with van der Waals surface area (Å²) in [7, 11) is -3.54. The van der Waals surface area contributed by atoms with Crippen LogP contribution in [-0.4, -0.2) is 57.5 Å². The number of benzene rings is 2. The summed E-state index contributed by atoms with van der Waals surface area (Å²) in [6.07, 6.45) is -2.59. The average Bonchev–Trinajstić information content (AvgIpc) is 2.71. The van der Waals surface area contributed by atoms with Crippen LogP contribution in [0, 0.1) is 0 Å². The van der Waals surface area contributed by atoms with Crippen LogP contribution < -0.4 is 9.47 Å². The van der Waals surface area contributed by atoms with Crippen LogP contribution in [0.1, 0.15) is 23.2 Å². The largest absolute Gasteiger partial charge is 0.490 e. The molecule has 1 aliphatic rings. The van der Waals surface area contributed by atoms with Crippen LogP contribution in [0.4, 0.5) is 13.2 Å². The number of sulfone groups is 1. The highest BCUT2D eigenvalue weighted by Gasteiger charge is 2.29. The summed E-state index contributed by atoms with van der Waals surface area (Å²) >= 11 is 0. The molecule has 0 bridgehead atoms. The van der Waals surface area contributed by atoms with Gasteiger partial charge in [-0.05, 0) is 24.3 Å². The predicted octanol–water partition coefficient (Wildman–Crippen LogP) is 3.71. The van der Waals surface area contributed by atoms with Gasteiger partial charge in [-0.1, -0.05) is 18.2 Å². The molecule has 3 rings (SSSR count). The highest BCUT2D eigenvalue weighted by Crippen LogP contribution is 2.26. The van der Waals surface area contributed by atoms with E-state index in [1.54, 1.807) is 29.2 Å². The molecule has 0 aliphatic carbocycles. The molecule has 6 nitrogen and oxygen atoms in total. The molecule has 2 aromatic rings. The van der Waals surface area contributed by atoms with Gasteiger partial charge in [0.1, 0.15) is 17.6 Å². The van der Waals surface area contributed by atoms with E-state index in [1.807, 2.05) is 0 Å². The molecule has 2 aromatic carbocycles. The van der Waals surface area contributed by atoms with Crippen molar-refractivity contribution in [2.45, 2.75) is 30.0 Å². The van der Waals surface area contributed by atoms with Crippen molar-refractivity contribution in [3.63, 3.8) is 0 Å². The number of carbonyl (C=O) groups is 1. The highest BCUT2D eigenvalue weighted by molar-refractivity contribution is 7.90. The topological polar surface area (TPSA) is 72.9 Å². The first-order valence-corrected chi connectivity index (χ1v) is 11.5. The smallest absolute Gasteiger partial charge is 0.422 e. The van der Waals surface area contributed by atoms with Gasteiger partial charge in [0.05, 0.1) is 10.5 Å². The molecule has 168 valence electrons. The van der Waals surface area contributed by atoms with E-state index in [9.17, 15) is 26.4 Å². The highest BCUT2D eigenvalue weighted by atomic mass is 32.2. The minimum absolute atomic E-state index is 0.00551. The number of hydrogen-bond donors (Lipinski definition) is 0. The molecule has 0 radical (unpaired) electrons. The number of carbonyl (C=O) groups excluding carboxylic acids is 1. The van der Waals surface area contributed by atoms with Crippen molar-refractivity contribution in [1.29, 1.82) is 0 Å². The lowest BCUT2D eigenvalue weighted by atomic mass is 10.1. The number of alkyl halides is 3. The molecule has 1 heterocycles. The monoisotopic (exact) mass is 457 g/mol. The molecule has 1 saturated heterocycles. The van der Waals surface area contributed by atoms with Crippen LogP contribution in [-0.2, 0) is 9.84 Å². The van der Waals surface area contributed by atoms with Crippen LogP contribution >= 0.6 is 0 Å². The van der Waals surface area contributed by atoms with Crippen molar-refractivity contribution >= 4 is 15.7 Å². The minimum atomic E-state index is -4.42. The first kappa shape index (κ1) is 22.9. The fraction of sp³-hybridized carbons (Fsp3) is 0.381. The number of nitrogens with zero attached hydrogens (tertiary/aromatic N) is 1. The summed E-state index contributed by atoms with van der Waals surface area (Å²) in [6.45, 7) is -0.649. The summed E-state index contributed by atoms with van der Waals surface area (Å²) in [5, 5.41) is 0. The molecule has 1 amide bonds. The first-order valence-electron chi connectivity index (χ1n) is 9.57. The fourth-order valence-electron chi connectivity index (χ4n) is 3.31. The van der Waals surface area contributed by atoms with Crippen molar-refractivity contribution in [2.75, 3.05) is 26.0 Å². The van der Waals surface area contributed by atoms with Gasteiger partial charge in [-0.25, -0.2) is 8.42 Å². The van der Waals surface area contributed by atoms with E-state index in [1.165, 1.54) is 24.3 Å². The Hall–Kier alpha value is -2.75. The molecular weight excluding hydrogens is 435 g/mol. The van der Waals surface area contributed by atoms with Crippen molar-refractivity contribution in [3.05, 3.63) is 54.1 Å². The second-order valence-corrected chi connectivity index (χ2v) is 9.24. The van der Waals surface area contributed by atoms with Gasteiger partial charge in [0.15, 0.2) is 16.4 Å². The van der Waals surface area contributed by atoms with E-state index in [0.29, 0.717) is 31.7 Å². The number of piperidine rings is 1. The summed E-state index contributed by atoms with van der Waals surface area (Å²) in [5.41, 5.74) is 0.138. The van der Waals surface area contributed by atoms with Gasteiger partial charge in [0, 0.05) is 38.3 Å². The van der Waals surface area contributed by atoms with Crippen molar-refractivity contribution < 1.29 is 35.9 Å². The zero-order valence-corrected chi connectivity index (χ0v) is 17.6. The maximum atomic E-state index is 12.8. The van der Waals surface area contributed by atoms with Crippen LogP contribution in [0.2, 0.25) is 0 Å². The van der Waals surface area contributed by atoms with Crippen LogP contribution in [0.25, 0.3) is 0 Å². The van der Waals surface area contributed by atoms with E-state index in [-0.39, 0.29) is 28.2 Å². The molecule has 10 heteroatoms. The summed E-state index contributed by atoms with van der Waals surface area (Å²) < 4.78 is 71.4. The SMILES string of the molecule is CS(=O)(=O)c1ccccc1C(=O)N1CCC(Oc2cccc(OCC(F)(F)F)c2)CC1. The van der Waals surface area contributed by atoms with E-state index in [4.69, 9.17) is 9.47 Å². The lowest BCUT2D eigenvalue weighted by Crippen LogP contribution is -2.42. The lowest BCUT2D eigenvalue weighted by molar-refractivity contribution is -0.153. The Morgan fingerprint density at radius 1 is 1.06 bits per heavy atom. The minimum Gasteiger partial charge on any atom is -0.490 e. The first-order chi connectivity index (χ1) is 14.5. The number of rotatable bonds is 6. The average molecular weight is 457 g/mol. The van der Waals surface area contributed by atoms with Gasteiger partial charge >= 0.3 is 6.18 Å². The van der Waals surface area contributed by atoms with Crippen LogP contribution in [0.15, 0.2) is 53.4 Å². The number of halogens is 3. The van der Waals surface area contributed by atoms with E-state index in [0.717, 1.165) is 6.26 Å². The Morgan fingerprint density at radius 2 is 1.71 bits per heavy atom. The zero-order chi connectivity index (χ0) is 22.6. The normalized spacial score (nSPS) is 15.5. The molecule has 0 unspecified atom stereocenters. The Morgan fingerprint density at radius 3 is 2.35 bits per heavy atom. The van der Waals surface area contributed by atoms with Gasteiger partial charge in [0.2, 0.25) is 0 Å². The van der Waals surface area contributed by atoms with E-state index in [2.05, 4.69) is 0 Å². The number of likely N-dealkylation sites (tertiary alicyclic amines) is 1. The number of ether oxygens (including phenoxy) is 2. The summed E-state index contributed by atoms with van der Waals surface area (Å²) in [4.78, 5) is 14.4. The van der Waals surface area contributed by atoms with Crippen LogP contribution in [0.3, 0.4) is 0 Å². The Balaban J connectivity index is 1.59. The Kier molecular flexibility index (Phi) is 6.78. The third-order valence-corrected chi connectivity index (χ3v) is 5.91. The maximum Gasteiger partial charge on any atom is 0.422 e. The number of hydrogen-bond acceptors (Lipinski definition) is 5. The Bertz CT molecular complexity index is 1030. The van der Waals surface area contributed by atoms with Crippen molar-refractivity contribution in [3.8, 4) is 11.5 Å². The van der Waals surface area contributed by atoms with E-state index < -0.39 is 22.6 Å². The predicted molar refractivity (Wildman–Crippen MR) is 107 cm³/mol. The molecule has 0 N–H and O–H groups in total. The van der Waals surface area contributed by atoms with Gasteiger partial charge in [-0.2, -0.15) is 13.2 Å². The molecule has 1 fully saturated rings. The standard InChI is InChI=1S/C21H22F3NO5S/c1-31(27,28)19-8-3-2-7-18(19)20(26)25-11-9-15(10-12-25)30-17-6-4-5-16(13-17)29-14-21(22,23)24/h2-8,13,15H,9-12,14H2,1H3. The molecule has 1 aliphatic heterocycles.